The average Bonchev–Trinajstić information content (AvgIpc) is 2.53. The van der Waals surface area contributed by atoms with Crippen molar-refractivity contribution in [2.24, 2.45) is 0 Å². The van der Waals surface area contributed by atoms with E-state index in [1.165, 1.54) is 6.07 Å². The number of hydrogen-bond acceptors (Lipinski definition) is 6. The van der Waals surface area contributed by atoms with Crippen molar-refractivity contribution in [1.82, 2.24) is 10.6 Å². The van der Waals surface area contributed by atoms with Crippen LogP contribution in [-0.2, 0) is 9.53 Å². The molecule has 0 spiro atoms. The quantitative estimate of drug-likeness (QED) is 0.555. The molecule has 0 bridgehead atoms. The van der Waals surface area contributed by atoms with Gasteiger partial charge in [-0.2, -0.15) is 0 Å². The first-order chi connectivity index (χ1) is 11.7. The van der Waals surface area contributed by atoms with Gasteiger partial charge in [-0.15, -0.1) is 0 Å². The maximum Gasteiger partial charge on any atom is 0.407 e. The van der Waals surface area contributed by atoms with Gasteiger partial charge < -0.3 is 20.5 Å². The van der Waals surface area contributed by atoms with Crippen LogP contribution in [0.25, 0.3) is 5.76 Å². The van der Waals surface area contributed by atoms with Crippen molar-refractivity contribution in [2.75, 3.05) is 19.6 Å². The van der Waals surface area contributed by atoms with Crippen molar-refractivity contribution >= 4 is 23.4 Å². The first kappa shape index (κ1) is 18.7. The van der Waals surface area contributed by atoms with E-state index in [1.54, 1.807) is 39.0 Å². The number of carbonyl (C=O) groups excluding carboxylic acids is 3. The third kappa shape index (κ3) is 4.67. The van der Waals surface area contributed by atoms with E-state index < -0.39 is 23.3 Å². The van der Waals surface area contributed by atoms with Crippen molar-refractivity contribution in [3.8, 4) is 0 Å². The molecule has 3 N–H and O–H groups in total. The minimum absolute atomic E-state index is 0.0285. The van der Waals surface area contributed by atoms with Gasteiger partial charge in [-0.1, -0.05) is 24.3 Å². The second-order valence-electron chi connectivity index (χ2n) is 6.64. The largest absolute Gasteiger partial charge is 0.507 e. The summed E-state index contributed by atoms with van der Waals surface area (Å²) in [6.07, 6.45) is -0.533. The van der Waals surface area contributed by atoms with Crippen LogP contribution in [0.15, 0.2) is 29.8 Å². The molecule has 0 atom stereocenters. The van der Waals surface area contributed by atoms with Gasteiger partial charge in [0.05, 0.1) is 5.57 Å². The molecule has 1 aliphatic rings. The highest BCUT2D eigenvalue weighted by atomic mass is 16.6. The fraction of sp³-hybridized carbons (Fsp3) is 0.389. The molecule has 25 heavy (non-hydrogen) atoms. The van der Waals surface area contributed by atoms with Gasteiger partial charge in [-0.25, -0.2) is 4.79 Å². The Hall–Kier alpha value is -2.67. The van der Waals surface area contributed by atoms with E-state index in [0.29, 0.717) is 12.1 Å². The molecular formula is C18H22N2O5. The van der Waals surface area contributed by atoms with Gasteiger partial charge in [0.15, 0.2) is 0 Å². The number of aliphatic hydroxyl groups is 1. The Morgan fingerprint density at radius 3 is 2.36 bits per heavy atom. The summed E-state index contributed by atoms with van der Waals surface area (Å²) >= 11 is 0. The molecule has 0 aromatic heterocycles. The van der Waals surface area contributed by atoms with Crippen molar-refractivity contribution < 1.29 is 24.2 Å². The van der Waals surface area contributed by atoms with Gasteiger partial charge >= 0.3 is 6.09 Å². The molecule has 7 nitrogen and oxygen atoms in total. The molecule has 2 rings (SSSR count). The van der Waals surface area contributed by atoms with Crippen LogP contribution in [0, 0.1) is 0 Å². The molecule has 7 heteroatoms. The van der Waals surface area contributed by atoms with Crippen LogP contribution in [0.3, 0.4) is 0 Å². The van der Waals surface area contributed by atoms with Crippen LogP contribution < -0.4 is 10.6 Å². The zero-order chi connectivity index (χ0) is 18.6. The number of carbonyl (C=O) groups is 3. The number of ketones is 2. The van der Waals surface area contributed by atoms with E-state index in [2.05, 4.69) is 10.6 Å². The number of Topliss-reactive ketones (excluding diaryl/α,β-unsaturated/α-hetero) is 2. The molecule has 1 aliphatic carbocycles. The van der Waals surface area contributed by atoms with E-state index in [-0.39, 0.29) is 30.0 Å². The van der Waals surface area contributed by atoms with Gasteiger partial charge in [0, 0.05) is 30.8 Å². The fourth-order valence-electron chi connectivity index (χ4n) is 2.36. The molecule has 0 aliphatic heterocycles. The lowest BCUT2D eigenvalue weighted by atomic mass is 9.88. The summed E-state index contributed by atoms with van der Waals surface area (Å²) in [5.74, 6) is -1.53. The lowest BCUT2D eigenvalue weighted by Gasteiger charge is -2.20. The lowest BCUT2D eigenvalue weighted by molar-refractivity contribution is -0.112. The zero-order valence-electron chi connectivity index (χ0n) is 14.5. The molecule has 1 aromatic carbocycles. The monoisotopic (exact) mass is 346 g/mol. The SMILES string of the molecule is CC(C)(C)OC(=O)NCCNCC1=C(O)c2ccccc2C(=O)C1=O. The number of fused-ring (bicyclic) bond motifs is 1. The van der Waals surface area contributed by atoms with E-state index in [9.17, 15) is 19.5 Å². The maximum absolute atomic E-state index is 12.1. The number of nitrogens with one attached hydrogen (secondary N) is 2. The third-order valence-electron chi connectivity index (χ3n) is 3.46. The molecule has 0 heterocycles. The van der Waals surface area contributed by atoms with Crippen LogP contribution in [0.1, 0.15) is 36.7 Å². The Morgan fingerprint density at radius 2 is 1.72 bits per heavy atom. The van der Waals surface area contributed by atoms with Gasteiger partial charge in [-0.05, 0) is 20.8 Å². The van der Waals surface area contributed by atoms with Gasteiger partial charge in [0.2, 0.25) is 11.6 Å². The highest BCUT2D eigenvalue weighted by Crippen LogP contribution is 2.27. The summed E-state index contributed by atoms with van der Waals surface area (Å²) in [5, 5.41) is 15.8. The van der Waals surface area contributed by atoms with Crippen molar-refractivity contribution in [1.29, 1.82) is 0 Å². The second-order valence-corrected chi connectivity index (χ2v) is 6.64. The number of benzene rings is 1. The summed E-state index contributed by atoms with van der Waals surface area (Å²) in [4.78, 5) is 35.7. The minimum atomic E-state index is -0.719. The molecule has 134 valence electrons. The first-order valence-corrected chi connectivity index (χ1v) is 7.99. The second kappa shape index (κ2) is 7.48. The van der Waals surface area contributed by atoms with Gasteiger partial charge in [0.25, 0.3) is 0 Å². The van der Waals surface area contributed by atoms with E-state index in [4.69, 9.17) is 4.74 Å². The molecule has 0 radical (unpaired) electrons. The molecule has 1 aromatic rings. The van der Waals surface area contributed by atoms with Gasteiger partial charge in [-0.3, -0.25) is 9.59 Å². The summed E-state index contributed by atoms with van der Waals surface area (Å²) in [6.45, 7) is 5.96. The third-order valence-corrected chi connectivity index (χ3v) is 3.46. The molecule has 0 unspecified atom stereocenters. The predicted octanol–water partition coefficient (Wildman–Crippen LogP) is 1.84. The Bertz CT molecular complexity index is 731. The van der Waals surface area contributed by atoms with Crippen molar-refractivity contribution in [3.05, 3.63) is 41.0 Å². The standard InChI is InChI=1S/C18H22N2O5/c1-18(2,3)25-17(24)20-9-8-19-10-13-14(21)11-6-4-5-7-12(11)15(22)16(13)23/h4-7,19,21H,8-10H2,1-3H3,(H,20,24). The van der Waals surface area contributed by atoms with Crippen LogP contribution in [0.5, 0.6) is 0 Å². The Labute approximate surface area is 146 Å². The summed E-state index contributed by atoms with van der Waals surface area (Å²) in [6, 6.07) is 6.44. The Kier molecular flexibility index (Phi) is 5.58. The highest BCUT2D eigenvalue weighted by Gasteiger charge is 2.32. The van der Waals surface area contributed by atoms with Crippen LogP contribution in [0.2, 0.25) is 0 Å². The Morgan fingerprint density at radius 1 is 1.08 bits per heavy atom. The highest BCUT2D eigenvalue weighted by molar-refractivity contribution is 6.52. The number of aliphatic hydroxyl groups excluding tert-OH is 1. The maximum atomic E-state index is 12.1. The first-order valence-electron chi connectivity index (χ1n) is 7.99. The van der Waals surface area contributed by atoms with Crippen LogP contribution in [-0.4, -0.2) is 48.0 Å². The topological polar surface area (TPSA) is 105 Å². The summed E-state index contributed by atoms with van der Waals surface area (Å²) < 4.78 is 5.10. The van der Waals surface area contributed by atoms with E-state index >= 15 is 0 Å². The summed E-state index contributed by atoms with van der Waals surface area (Å²) in [7, 11) is 0. The number of hydrogen-bond donors (Lipinski definition) is 3. The number of ether oxygens (including phenoxy) is 1. The molecule has 0 saturated carbocycles. The van der Waals surface area contributed by atoms with Crippen molar-refractivity contribution in [2.45, 2.75) is 26.4 Å². The van der Waals surface area contributed by atoms with Crippen LogP contribution in [0.4, 0.5) is 4.79 Å². The van der Waals surface area contributed by atoms with E-state index in [1.807, 2.05) is 0 Å². The molecule has 0 fully saturated rings. The fourth-order valence-corrected chi connectivity index (χ4v) is 2.36. The number of amides is 1. The number of rotatable bonds is 5. The molecule has 0 saturated heterocycles. The predicted molar refractivity (Wildman–Crippen MR) is 92.4 cm³/mol. The molecule has 1 amide bonds. The zero-order valence-corrected chi connectivity index (χ0v) is 14.5. The smallest absolute Gasteiger partial charge is 0.407 e. The Balaban J connectivity index is 1.90. The summed E-state index contributed by atoms with van der Waals surface area (Å²) in [5.41, 5.74) is 0.0215. The average molecular weight is 346 g/mol. The van der Waals surface area contributed by atoms with Crippen LogP contribution >= 0.6 is 0 Å². The molecular weight excluding hydrogens is 324 g/mol. The van der Waals surface area contributed by atoms with Gasteiger partial charge in [0.1, 0.15) is 11.4 Å². The lowest BCUT2D eigenvalue weighted by Crippen LogP contribution is -2.37. The normalized spacial score (nSPS) is 14.4. The van der Waals surface area contributed by atoms with Crippen molar-refractivity contribution in [3.63, 3.8) is 0 Å². The van der Waals surface area contributed by atoms with E-state index in [0.717, 1.165) is 0 Å². The minimum Gasteiger partial charge on any atom is -0.507 e. The number of alkyl carbamates (subject to hydrolysis) is 1.